The van der Waals surface area contributed by atoms with Crippen LogP contribution in [0.2, 0.25) is 0 Å². The van der Waals surface area contributed by atoms with Gasteiger partial charge in [0.25, 0.3) is 16.0 Å². The van der Waals surface area contributed by atoms with Crippen LogP contribution < -0.4 is 0 Å². The number of aliphatic hydroxyl groups is 1. The fourth-order valence-electron chi connectivity index (χ4n) is 2.77. The highest BCUT2D eigenvalue weighted by atomic mass is 32.2. The number of carbonyl (C=O) groups is 2. The van der Waals surface area contributed by atoms with Crippen LogP contribution in [0, 0.1) is 6.92 Å². The van der Waals surface area contributed by atoms with Crippen molar-refractivity contribution in [3.63, 3.8) is 0 Å². The van der Waals surface area contributed by atoms with E-state index in [9.17, 15) is 23.1 Å². The largest absolute Gasteiger partial charge is 0.510 e. The van der Waals surface area contributed by atoms with Gasteiger partial charge >= 0.3 is 5.97 Å². The highest BCUT2D eigenvalue weighted by molar-refractivity contribution is 7.86. The predicted molar refractivity (Wildman–Crippen MR) is 97.7 cm³/mol. The van der Waals surface area contributed by atoms with Crippen LogP contribution >= 0.6 is 0 Å². The Morgan fingerprint density at radius 2 is 1.86 bits per heavy atom. The maximum Gasteiger partial charge on any atom is 0.358 e. The molecule has 1 aromatic carbocycles. The van der Waals surface area contributed by atoms with Crippen molar-refractivity contribution in [2.75, 3.05) is 20.3 Å². The van der Waals surface area contributed by atoms with Gasteiger partial charge in [0.05, 0.1) is 24.2 Å². The van der Waals surface area contributed by atoms with E-state index in [-0.39, 0.29) is 17.2 Å². The minimum Gasteiger partial charge on any atom is -0.510 e. The van der Waals surface area contributed by atoms with Crippen molar-refractivity contribution in [3.05, 3.63) is 41.3 Å². The molecule has 1 aromatic rings. The molecule has 1 aliphatic rings. The Balaban J connectivity index is 2.23. The zero-order chi connectivity index (χ0) is 21.1. The van der Waals surface area contributed by atoms with Gasteiger partial charge < -0.3 is 14.6 Å². The van der Waals surface area contributed by atoms with E-state index in [4.69, 9.17) is 13.7 Å². The number of amides is 1. The number of aryl methyl sites for hydroxylation is 1. The van der Waals surface area contributed by atoms with Crippen molar-refractivity contribution in [1.29, 1.82) is 0 Å². The Kier molecular flexibility index (Phi) is 6.81. The van der Waals surface area contributed by atoms with Crippen molar-refractivity contribution in [2.24, 2.45) is 0 Å². The van der Waals surface area contributed by atoms with Crippen molar-refractivity contribution in [2.45, 2.75) is 37.8 Å². The van der Waals surface area contributed by atoms with Gasteiger partial charge in [-0.25, -0.2) is 4.79 Å². The number of hydrogen-bond acceptors (Lipinski definition) is 8. The molecule has 0 aromatic heterocycles. The van der Waals surface area contributed by atoms with Crippen LogP contribution in [0.15, 0.2) is 40.6 Å². The van der Waals surface area contributed by atoms with Crippen LogP contribution in [0.25, 0.3) is 0 Å². The summed E-state index contributed by atoms with van der Waals surface area (Å²) < 4.78 is 39.8. The maximum absolute atomic E-state index is 12.4. The normalized spacial score (nSPS) is 20.4. The Hall–Kier alpha value is -2.43. The summed E-state index contributed by atoms with van der Waals surface area (Å²) in [5.74, 6) is -1.95. The second-order valence-corrected chi connectivity index (χ2v) is 7.75. The van der Waals surface area contributed by atoms with Gasteiger partial charge in [0, 0.05) is 7.11 Å². The molecule has 1 N–H and O–H groups in total. The van der Waals surface area contributed by atoms with Crippen LogP contribution in [0.5, 0.6) is 0 Å². The third-order valence-corrected chi connectivity index (χ3v) is 5.47. The molecule has 9 nitrogen and oxygen atoms in total. The highest BCUT2D eigenvalue weighted by Gasteiger charge is 2.52. The quantitative estimate of drug-likeness (QED) is 0.223. The third-order valence-electron chi connectivity index (χ3n) is 4.17. The average Bonchev–Trinajstić information content (AvgIpc) is 2.62. The number of ether oxygens (including phenoxy) is 2. The van der Waals surface area contributed by atoms with Crippen molar-refractivity contribution >= 4 is 22.0 Å². The molecule has 1 amide bonds. The molecule has 0 aliphatic carbocycles. The van der Waals surface area contributed by atoms with E-state index < -0.39 is 46.5 Å². The predicted octanol–water partition coefficient (Wildman–Crippen LogP) is 1.28. The number of nitrogens with zero attached hydrogens (tertiary/aromatic N) is 1. The number of benzene rings is 1. The summed E-state index contributed by atoms with van der Waals surface area (Å²) in [7, 11) is -2.81. The fraction of sp³-hybridized carbons (Fsp3) is 0.444. The van der Waals surface area contributed by atoms with E-state index in [0.29, 0.717) is 0 Å². The summed E-state index contributed by atoms with van der Waals surface area (Å²) in [6, 6.07) is 5.14. The Morgan fingerprint density at radius 3 is 2.36 bits per heavy atom. The number of esters is 1. The summed E-state index contributed by atoms with van der Waals surface area (Å²) in [6.45, 7) is 4.19. The monoisotopic (exact) mass is 413 g/mol. The maximum atomic E-state index is 12.4. The second-order valence-electron chi connectivity index (χ2n) is 6.14. The van der Waals surface area contributed by atoms with E-state index >= 15 is 0 Å². The first kappa shape index (κ1) is 21.9. The first-order chi connectivity index (χ1) is 13.1. The number of aliphatic hydroxyl groups excluding tert-OH is 1. The zero-order valence-electron chi connectivity index (χ0n) is 16.0. The molecular weight excluding hydrogens is 390 g/mol. The molecule has 154 valence electrons. The summed E-state index contributed by atoms with van der Waals surface area (Å²) in [4.78, 5) is 25.4. The smallest absolute Gasteiger partial charge is 0.358 e. The van der Waals surface area contributed by atoms with E-state index in [0.717, 1.165) is 10.5 Å². The van der Waals surface area contributed by atoms with Gasteiger partial charge in [0.2, 0.25) is 0 Å². The molecular formula is C18H23NO8S. The third kappa shape index (κ3) is 4.34. The van der Waals surface area contributed by atoms with E-state index in [1.807, 2.05) is 6.92 Å². The molecule has 1 saturated heterocycles. The fourth-order valence-corrected chi connectivity index (χ4v) is 3.69. The molecule has 0 bridgehead atoms. The van der Waals surface area contributed by atoms with Crippen LogP contribution in [0.4, 0.5) is 0 Å². The molecule has 1 fully saturated rings. The molecule has 10 heteroatoms. The molecule has 2 rings (SSSR count). The number of likely N-dealkylation sites (tertiary alicyclic amines) is 1. The number of allylic oxidation sites excluding steroid dienone is 1. The minimum atomic E-state index is -4.09. The second kappa shape index (κ2) is 8.72. The Labute approximate surface area is 163 Å². The lowest BCUT2D eigenvalue weighted by atomic mass is 9.97. The van der Waals surface area contributed by atoms with Gasteiger partial charge in [-0.1, -0.05) is 17.7 Å². The van der Waals surface area contributed by atoms with Crippen molar-refractivity contribution in [1.82, 2.24) is 4.90 Å². The van der Waals surface area contributed by atoms with Gasteiger partial charge in [0.1, 0.15) is 5.76 Å². The lowest BCUT2D eigenvalue weighted by Crippen LogP contribution is -2.67. The summed E-state index contributed by atoms with van der Waals surface area (Å²) in [5, 5.41) is 9.86. The molecule has 2 atom stereocenters. The molecule has 1 heterocycles. The molecule has 0 saturated carbocycles. The molecule has 1 aliphatic heterocycles. The molecule has 0 spiro atoms. The number of carbonyl (C=O) groups excluding carboxylic acids is 2. The van der Waals surface area contributed by atoms with Crippen LogP contribution in [0.1, 0.15) is 19.4 Å². The topological polar surface area (TPSA) is 119 Å². The van der Waals surface area contributed by atoms with Gasteiger partial charge in [-0.05, 0) is 32.9 Å². The van der Waals surface area contributed by atoms with E-state index in [1.165, 1.54) is 26.2 Å². The Morgan fingerprint density at radius 1 is 1.25 bits per heavy atom. The van der Waals surface area contributed by atoms with E-state index in [1.54, 1.807) is 19.1 Å². The van der Waals surface area contributed by atoms with Gasteiger partial charge in [-0.2, -0.15) is 8.42 Å². The van der Waals surface area contributed by atoms with Crippen LogP contribution in [-0.2, 0) is 33.4 Å². The van der Waals surface area contributed by atoms with Crippen LogP contribution in [0.3, 0.4) is 0 Å². The van der Waals surface area contributed by atoms with Crippen LogP contribution in [-0.4, -0.2) is 62.8 Å². The zero-order valence-corrected chi connectivity index (χ0v) is 16.9. The number of methoxy groups -OCH3 is 1. The lowest BCUT2D eigenvalue weighted by Gasteiger charge is -2.45. The number of rotatable bonds is 8. The van der Waals surface area contributed by atoms with Crippen molar-refractivity contribution in [3.8, 4) is 0 Å². The summed E-state index contributed by atoms with van der Waals surface area (Å²) in [5.41, 5.74) is 0.512. The van der Waals surface area contributed by atoms with Crippen molar-refractivity contribution < 1.29 is 36.8 Å². The van der Waals surface area contributed by atoms with Gasteiger partial charge in [-0.15, -0.1) is 0 Å². The minimum absolute atomic E-state index is 0.0360. The average molecular weight is 413 g/mol. The first-order valence-electron chi connectivity index (χ1n) is 8.53. The Bertz CT molecular complexity index is 871. The lowest BCUT2D eigenvalue weighted by molar-refractivity contribution is -0.172. The highest BCUT2D eigenvalue weighted by Crippen LogP contribution is 2.30. The number of hydrogen-bond donors (Lipinski definition) is 1. The summed E-state index contributed by atoms with van der Waals surface area (Å²) in [6.07, 6.45) is -1.02. The SMILES string of the molecule is CCOC(=O)/C(=C(\C)O)N1C(=O)[C@H](OC)[C@@H]1COS(=O)(=O)c1ccc(C)cc1. The molecule has 0 unspecified atom stereocenters. The standard InChI is InChI=1S/C18H23NO8S/c1-5-26-18(22)15(12(3)20)19-14(16(25-4)17(19)21)10-27-28(23,24)13-8-6-11(2)7-9-13/h6-9,14,16,20H,5,10H2,1-4H3/b15-12-/t14-,16+/m0/s1. The van der Waals surface area contributed by atoms with E-state index in [2.05, 4.69) is 0 Å². The first-order valence-corrected chi connectivity index (χ1v) is 9.93. The number of β-lactam (4-membered cyclic amide) rings is 1. The molecule has 28 heavy (non-hydrogen) atoms. The van der Waals surface area contributed by atoms with Gasteiger partial charge in [-0.3, -0.25) is 13.9 Å². The molecule has 0 radical (unpaired) electrons. The van der Waals surface area contributed by atoms with Gasteiger partial charge in [0.15, 0.2) is 11.8 Å². The summed E-state index contributed by atoms with van der Waals surface area (Å²) >= 11 is 0.